The number of nitro benzene ring substituents is 1. The maximum Gasteiger partial charge on any atom is 0.305 e. The second kappa shape index (κ2) is 5.69. The molecular weight excluding hydrogens is 259 g/mol. The van der Waals surface area contributed by atoms with Crippen LogP contribution in [0.1, 0.15) is 16.7 Å². The summed E-state index contributed by atoms with van der Waals surface area (Å²) in [4.78, 5) is 9.99. The van der Waals surface area contributed by atoms with Gasteiger partial charge in [-0.1, -0.05) is 30.3 Å². The molecule has 5 heteroatoms. The highest BCUT2D eigenvalue weighted by Crippen LogP contribution is 2.23. The van der Waals surface area contributed by atoms with E-state index in [1.54, 1.807) is 6.07 Å². The van der Waals surface area contributed by atoms with Crippen LogP contribution in [-0.2, 0) is 6.54 Å². The van der Waals surface area contributed by atoms with E-state index >= 15 is 0 Å². The average molecular weight is 274 g/mol. The summed E-state index contributed by atoms with van der Waals surface area (Å²) in [5, 5.41) is 13.8. The monoisotopic (exact) mass is 274 g/mol. The summed E-state index contributed by atoms with van der Waals surface area (Å²) < 4.78 is 13.9. The van der Waals surface area contributed by atoms with E-state index in [9.17, 15) is 14.5 Å². The van der Waals surface area contributed by atoms with E-state index in [-0.39, 0.29) is 12.1 Å². The smallest absolute Gasteiger partial charge is 0.305 e. The molecule has 20 heavy (non-hydrogen) atoms. The molecule has 0 atom stereocenters. The Labute approximate surface area is 116 Å². The van der Waals surface area contributed by atoms with Gasteiger partial charge < -0.3 is 5.32 Å². The molecule has 0 aliphatic rings. The fourth-order valence-electron chi connectivity index (χ4n) is 2.12. The number of nitro groups is 1. The van der Waals surface area contributed by atoms with Crippen LogP contribution < -0.4 is 5.32 Å². The van der Waals surface area contributed by atoms with Gasteiger partial charge in [0.15, 0.2) is 0 Å². The van der Waals surface area contributed by atoms with Crippen LogP contribution in [-0.4, -0.2) is 4.92 Å². The fraction of sp³-hybridized carbons (Fsp3) is 0.200. The van der Waals surface area contributed by atoms with E-state index < -0.39 is 16.4 Å². The van der Waals surface area contributed by atoms with Crippen LogP contribution in [0.15, 0.2) is 36.4 Å². The summed E-state index contributed by atoms with van der Waals surface area (Å²) in [6.07, 6.45) is 0. The van der Waals surface area contributed by atoms with Crippen molar-refractivity contribution >= 4 is 11.4 Å². The van der Waals surface area contributed by atoms with E-state index in [0.717, 1.165) is 22.9 Å². The number of hydrogen-bond acceptors (Lipinski definition) is 3. The van der Waals surface area contributed by atoms with Gasteiger partial charge in [-0.3, -0.25) is 10.1 Å². The van der Waals surface area contributed by atoms with E-state index in [4.69, 9.17) is 0 Å². The standard InChI is InChI=1S/C15H15FN2O2/c1-10-5-3-6-11(2)15(10)17-9-12-7-4-8-13(14(12)16)18(19)20/h3-8,17H,9H2,1-2H3. The van der Waals surface area contributed by atoms with E-state index in [2.05, 4.69) is 5.32 Å². The lowest BCUT2D eigenvalue weighted by atomic mass is 10.1. The van der Waals surface area contributed by atoms with Gasteiger partial charge in [0.25, 0.3) is 0 Å². The molecule has 2 aromatic carbocycles. The Morgan fingerprint density at radius 2 is 1.75 bits per heavy atom. The second-order valence-electron chi connectivity index (χ2n) is 4.63. The molecule has 0 saturated heterocycles. The van der Waals surface area contributed by atoms with Gasteiger partial charge in [0.05, 0.1) is 4.92 Å². The van der Waals surface area contributed by atoms with E-state index in [1.165, 1.54) is 6.07 Å². The molecule has 0 heterocycles. The topological polar surface area (TPSA) is 55.2 Å². The maximum absolute atomic E-state index is 13.9. The molecule has 0 fully saturated rings. The van der Waals surface area contributed by atoms with Gasteiger partial charge in [-0.15, -0.1) is 0 Å². The number of aryl methyl sites for hydroxylation is 2. The number of nitrogens with one attached hydrogen (secondary N) is 1. The van der Waals surface area contributed by atoms with Gasteiger partial charge in [-0.2, -0.15) is 4.39 Å². The van der Waals surface area contributed by atoms with Crippen LogP contribution >= 0.6 is 0 Å². The molecular formula is C15H15FN2O2. The highest BCUT2D eigenvalue weighted by molar-refractivity contribution is 5.57. The van der Waals surface area contributed by atoms with Crippen molar-refractivity contribution in [3.05, 3.63) is 69.0 Å². The molecule has 0 unspecified atom stereocenters. The summed E-state index contributed by atoms with van der Waals surface area (Å²) in [5.74, 6) is -0.781. The number of hydrogen-bond donors (Lipinski definition) is 1. The number of rotatable bonds is 4. The van der Waals surface area contributed by atoms with E-state index in [0.29, 0.717) is 0 Å². The molecule has 2 rings (SSSR count). The largest absolute Gasteiger partial charge is 0.380 e. The molecule has 0 radical (unpaired) electrons. The number of para-hydroxylation sites is 1. The van der Waals surface area contributed by atoms with Crippen molar-refractivity contribution in [2.45, 2.75) is 20.4 Å². The molecule has 0 spiro atoms. The van der Waals surface area contributed by atoms with Crippen LogP contribution in [0.4, 0.5) is 15.8 Å². The van der Waals surface area contributed by atoms with Crippen molar-refractivity contribution in [3.8, 4) is 0 Å². The number of halogens is 1. The van der Waals surface area contributed by atoms with Gasteiger partial charge in [-0.25, -0.2) is 0 Å². The summed E-state index contributed by atoms with van der Waals surface area (Å²) in [7, 11) is 0. The van der Waals surface area contributed by atoms with Crippen LogP contribution in [0.25, 0.3) is 0 Å². The molecule has 0 amide bonds. The van der Waals surface area contributed by atoms with Crippen molar-refractivity contribution in [1.29, 1.82) is 0 Å². The van der Waals surface area contributed by atoms with Gasteiger partial charge in [0.1, 0.15) is 0 Å². The lowest BCUT2D eigenvalue weighted by molar-refractivity contribution is -0.387. The van der Waals surface area contributed by atoms with Gasteiger partial charge in [-0.05, 0) is 25.0 Å². The second-order valence-corrected chi connectivity index (χ2v) is 4.63. The van der Waals surface area contributed by atoms with Crippen molar-refractivity contribution in [1.82, 2.24) is 0 Å². The Balaban J connectivity index is 2.24. The van der Waals surface area contributed by atoms with E-state index in [1.807, 2.05) is 32.0 Å². The molecule has 0 aliphatic carbocycles. The Hall–Kier alpha value is -2.43. The van der Waals surface area contributed by atoms with Crippen molar-refractivity contribution in [2.24, 2.45) is 0 Å². The highest BCUT2D eigenvalue weighted by atomic mass is 19.1. The summed E-state index contributed by atoms with van der Waals surface area (Å²) in [6, 6.07) is 10.1. The average Bonchev–Trinajstić information content (AvgIpc) is 2.39. The molecule has 4 nitrogen and oxygen atoms in total. The zero-order valence-corrected chi connectivity index (χ0v) is 11.3. The van der Waals surface area contributed by atoms with Crippen LogP contribution in [0, 0.1) is 29.8 Å². The number of anilines is 1. The Bertz CT molecular complexity index is 636. The van der Waals surface area contributed by atoms with Crippen LogP contribution in [0.5, 0.6) is 0 Å². The lowest BCUT2D eigenvalue weighted by Gasteiger charge is -2.13. The molecule has 0 aliphatic heterocycles. The van der Waals surface area contributed by atoms with Crippen LogP contribution in [0.2, 0.25) is 0 Å². The normalized spacial score (nSPS) is 10.3. The summed E-state index contributed by atoms with van der Waals surface area (Å²) in [5.41, 5.74) is 2.82. The molecule has 1 N–H and O–H groups in total. The minimum atomic E-state index is -0.781. The zero-order chi connectivity index (χ0) is 14.7. The minimum Gasteiger partial charge on any atom is -0.380 e. The van der Waals surface area contributed by atoms with Crippen molar-refractivity contribution in [3.63, 3.8) is 0 Å². The highest BCUT2D eigenvalue weighted by Gasteiger charge is 2.17. The minimum absolute atomic E-state index is 0.208. The summed E-state index contributed by atoms with van der Waals surface area (Å²) in [6.45, 7) is 4.12. The Morgan fingerprint density at radius 3 is 2.35 bits per heavy atom. The maximum atomic E-state index is 13.9. The number of nitrogens with zero attached hydrogens (tertiary/aromatic N) is 1. The lowest BCUT2D eigenvalue weighted by Crippen LogP contribution is -2.06. The predicted octanol–water partition coefficient (Wildman–Crippen LogP) is 3.96. The van der Waals surface area contributed by atoms with Gasteiger partial charge in [0, 0.05) is 23.9 Å². The molecule has 104 valence electrons. The van der Waals surface area contributed by atoms with Crippen molar-refractivity contribution in [2.75, 3.05) is 5.32 Å². The third-order valence-electron chi connectivity index (χ3n) is 3.19. The predicted molar refractivity (Wildman–Crippen MR) is 76.3 cm³/mol. The Morgan fingerprint density at radius 1 is 1.15 bits per heavy atom. The zero-order valence-electron chi connectivity index (χ0n) is 11.3. The number of benzene rings is 2. The fourth-order valence-corrected chi connectivity index (χ4v) is 2.12. The third-order valence-corrected chi connectivity index (χ3v) is 3.19. The van der Waals surface area contributed by atoms with Crippen LogP contribution in [0.3, 0.4) is 0 Å². The first-order valence-corrected chi connectivity index (χ1v) is 6.22. The quantitative estimate of drug-likeness (QED) is 0.678. The molecule has 0 aromatic heterocycles. The SMILES string of the molecule is Cc1cccc(C)c1NCc1cccc([N+](=O)[O-])c1F. The summed E-state index contributed by atoms with van der Waals surface area (Å²) >= 11 is 0. The van der Waals surface area contributed by atoms with Gasteiger partial charge in [0.2, 0.25) is 5.82 Å². The first-order valence-electron chi connectivity index (χ1n) is 6.22. The Kier molecular flexibility index (Phi) is 3.98. The third kappa shape index (κ3) is 2.77. The first kappa shape index (κ1) is 14.0. The van der Waals surface area contributed by atoms with Gasteiger partial charge >= 0.3 is 5.69 Å². The molecule has 0 saturated carbocycles. The van der Waals surface area contributed by atoms with Crippen molar-refractivity contribution < 1.29 is 9.31 Å². The first-order chi connectivity index (χ1) is 9.50. The molecule has 0 bridgehead atoms. The molecule has 2 aromatic rings.